The molecule has 0 fully saturated rings. The van der Waals surface area contributed by atoms with Gasteiger partial charge in [0.2, 0.25) is 0 Å². The van der Waals surface area contributed by atoms with Crippen LogP contribution in [-0.2, 0) is 6.54 Å². The predicted molar refractivity (Wildman–Crippen MR) is 68.1 cm³/mol. The van der Waals surface area contributed by atoms with Crippen molar-refractivity contribution in [2.45, 2.75) is 58.4 Å². The van der Waals surface area contributed by atoms with Crippen molar-refractivity contribution >= 4 is 6.08 Å². The molecule has 0 aliphatic carbocycles. The number of aromatic nitrogens is 3. The minimum Gasteiger partial charge on any atom is -0.252 e. The number of hydrogen-bond donors (Lipinski definition) is 0. The lowest BCUT2D eigenvalue weighted by Crippen LogP contribution is -1.98. The molecular formula is C13H23N3. The Kier molecular flexibility index (Phi) is 6.54. The summed E-state index contributed by atoms with van der Waals surface area (Å²) in [5, 5.41) is 8.00. The number of aryl methyl sites for hydroxylation is 1. The highest BCUT2D eigenvalue weighted by Gasteiger charge is 1.96. The van der Waals surface area contributed by atoms with Crippen LogP contribution in [0.5, 0.6) is 0 Å². The molecule has 0 N–H and O–H groups in total. The van der Waals surface area contributed by atoms with Gasteiger partial charge in [-0.15, -0.1) is 5.10 Å². The van der Waals surface area contributed by atoms with Crippen LogP contribution in [0.3, 0.4) is 0 Å². The van der Waals surface area contributed by atoms with E-state index in [1.807, 2.05) is 10.9 Å². The molecule has 1 heterocycles. The second kappa shape index (κ2) is 8.08. The molecule has 0 atom stereocenters. The van der Waals surface area contributed by atoms with E-state index in [9.17, 15) is 0 Å². The quantitative estimate of drug-likeness (QED) is 0.596. The standard InChI is InChI=1S/C13H23N3/c1-3-5-6-7-8-9-10-11-16-12-13(4-2)14-15-16/h4,12H,2-3,5-11H2,1H3. The average molecular weight is 221 g/mol. The van der Waals surface area contributed by atoms with Gasteiger partial charge in [-0.25, -0.2) is 0 Å². The summed E-state index contributed by atoms with van der Waals surface area (Å²) in [7, 11) is 0. The lowest BCUT2D eigenvalue weighted by molar-refractivity contribution is 0.513. The van der Waals surface area contributed by atoms with Crippen LogP contribution < -0.4 is 0 Å². The number of unbranched alkanes of at least 4 members (excludes halogenated alkanes) is 6. The summed E-state index contributed by atoms with van der Waals surface area (Å²) in [5.74, 6) is 0. The molecule has 0 saturated heterocycles. The monoisotopic (exact) mass is 221 g/mol. The van der Waals surface area contributed by atoms with Gasteiger partial charge in [-0.05, 0) is 12.5 Å². The third-order valence-electron chi connectivity index (χ3n) is 2.76. The minimum atomic E-state index is 0.864. The Morgan fingerprint density at radius 2 is 1.88 bits per heavy atom. The molecule has 3 nitrogen and oxygen atoms in total. The fraction of sp³-hybridized carbons (Fsp3) is 0.692. The van der Waals surface area contributed by atoms with E-state index in [4.69, 9.17) is 0 Å². The Morgan fingerprint density at radius 1 is 1.19 bits per heavy atom. The first-order valence-electron chi connectivity index (χ1n) is 6.39. The largest absolute Gasteiger partial charge is 0.252 e. The first-order valence-corrected chi connectivity index (χ1v) is 6.39. The van der Waals surface area contributed by atoms with Crippen LogP contribution in [0.1, 0.15) is 57.6 Å². The molecular weight excluding hydrogens is 198 g/mol. The van der Waals surface area contributed by atoms with Crippen LogP contribution in [0.15, 0.2) is 12.8 Å². The van der Waals surface area contributed by atoms with E-state index in [0.717, 1.165) is 12.2 Å². The van der Waals surface area contributed by atoms with Crippen LogP contribution >= 0.6 is 0 Å². The van der Waals surface area contributed by atoms with Crippen molar-refractivity contribution < 1.29 is 0 Å². The first-order chi connectivity index (χ1) is 7.86. The Bertz CT molecular complexity index is 291. The molecule has 90 valence electrons. The molecule has 1 rings (SSSR count). The molecule has 3 heteroatoms. The van der Waals surface area contributed by atoms with Crippen LogP contribution in [0.2, 0.25) is 0 Å². The molecule has 0 unspecified atom stereocenters. The van der Waals surface area contributed by atoms with E-state index in [-0.39, 0.29) is 0 Å². The van der Waals surface area contributed by atoms with Crippen molar-refractivity contribution in [3.05, 3.63) is 18.5 Å². The van der Waals surface area contributed by atoms with Crippen LogP contribution in [0.25, 0.3) is 6.08 Å². The van der Waals surface area contributed by atoms with E-state index in [2.05, 4.69) is 23.8 Å². The minimum absolute atomic E-state index is 0.864. The molecule has 1 aromatic heterocycles. The summed E-state index contributed by atoms with van der Waals surface area (Å²) in [4.78, 5) is 0. The smallest absolute Gasteiger partial charge is 0.105 e. The molecule has 0 saturated carbocycles. The zero-order valence-corrected chi connectivity index (χ0v) is 10.4. The molecule has 0 amide bonds. The highest BCUT2D eigenvalue weighted by molar-refractivity contribution is 5.38. The van der Waals surface area contributed by atoms with Gasteiger partial charge in [-0.3, -0.25) is 4.68 Å². The van der Waals surface area contributed by atoms with Crippen molar-refractivity contribution in [3.63, 3.8) is 0 Å². The van der Waals surface area contributed by atoms with Gasteiger partial charge in [-0.2, -0.15) is 0 Å². The maximum absolute atomic E-state index is 4.03. The third kappa shape index (κ3) is 5.10. The van der Waals surface area contributed by atoms with E-state index in [0.29, 0.717) is 0 Å². The van der Waals surface area contributed by atoms with Crippen LogP contribution in [-0.4, -0.2) is 15.0 Å². The first kappa shape index (κ1) is 12.9. The van der Waals surface area contributed by atoms with Gasteiger partial charge in [0.15, 0.2) is 0 Å². The predicted octanol–water partition coefficient (Wildman–Crippen LogP) is 3.67. The fourth-order valence-electron chi connectivity index (χ4n) is 1.75. The van der Waals surface area contributed by atoms with Crippen molar-refractivity contribution in [3.8, 4) is 0 Å². The summed E-state index contributed by atoms with van der Waals surface area (Å²) < 4.78 is 1.91. The van der Waals surface area contributed by atoms with Crippen molar-refractivity contribution in [2.75, 3.05) is 0 Å². The molecule has 0 aliphatic rings. The fourth-order valence-corrected chi connectivity index (χ4v) is 1.75. The van der Waals surface area contributed by atoms with Gasteiger partial charge in [-0.1, -0.05) is 57.2 Å². The normalized spacial score (nSPS) is 10.6. The zero-order chi connectivity index (χ0) is 11.6. The number of hydrogen-bond acceptors (Lipinski definition) is 2. The summed E-state index contributed by atoms with van der Waals surface area (Å²) in [6, 6.07) is 0. The summed E-state index contributed by atoms with van der Waals surface area (Å²) in [6.45, 7) is 6.90. The molecule has 0 spiro atoms. The highest BCUT2D eigenvalue weighted by atomic mass is 15.4. The maximum Gasteiger partial charge on any atom is 0.105 e. The van der Waals surface area contributed by atoms with Crippen LogP contribution in [0, 0.1) is 0 Å². The molecule has 0 aromatic carbocycles. The van der Waals surface area contributed by atoms with E-state index in [1.165, 1.54) is 44.9 Å². The van der Waals surface area contributed by atoms with Crippen molar-refractivity contribution in [2.24, 2.45) is 0 Å². The lowest BCUT2D eigenvalue weighted by atomic mass is 10.1. The number of rotatable bonds is 9. The SMILES string of the molecule is C=Cc1cn(CCCCCCCCC)nn1. The zero-order valence-electron chi connectivity index (χ0n) is 10.4. The van der Waals surface area contributed by atoms with E-state index in [1.54, 1.807) is 6.08 Å². The maximum atomic E-state index is 4.03. The average Bonchev–Trinajstić information content (AvgIpc) is 2.76. The summed E-state index contributed by atoms with van der Waals surface area (Å²) in [6.07, 6.45) is 13.0. The molecule has 0 aliphatic heterocycles. The lowest BCUT2D eigenvalue weighted by Gasteiger charge is -2.01. The van der Waals surface area contributed by atoms with E-state index >= 15 is 0 Å². The Morgan fingerprint density at radius 3 is 2.50 bits per heavy atom. The highest BCUT2D eigenvalue weighted by Crippen LogP contribution is 2.07. The molecule has 0 bridgehead atoms. The molecule has 0 radical (unpaired) electrons. The van der Waals surface area contributed by atoms with Gasteiger partial charge in [0.1, 0.15) is 5.69 Å². The molecule has 1 aromatic rings. The summed E-state index contributed by atoms with van der Waals surface area (Å²) in [5.41, 5.74) is 0.864. The van der Waals surface area contributed by atoms with Crippen molar-refractivity contribution in [1.29, 1.82) is 0 Å². The number of nitrogens with zero attached hydrogens (tertiary/aromatic N) is 3. The Labute approximate surface area is 98.6 Å². The van der Waals surface area contributed by atoms with Gasteiger partial charge in [0.05, 0.1) is 6.20 Å². The third-order valence-corrected chi connectivity index (χ3v) is 2.76. The van der Waals surface area contributed by atoms with Gasteiger partial charge >= 0.3 is 0 Å². The summed E-state index contributed by atoms with van der Waals surface area (Å²) >= 11 is 0. The van der Waals surface area contributed by atoms with Gasteiger partial charge in [0, 0.05) is 6.54 Å². The molecule has 16 heavy (non-hydrogen) atoms. The second-order valence-corrected chi connectivity index (χ2v) is 4.23. The van der Waals surface area contributed by atoms with E-state index < -0.39 is 0 Å². The Balaban J connectivity index is 2.00. The van der Waals surface area contributed by atoms with Crippen molar-refractivity contribution in [1.82, 2.24) is 15.0 Å². The van der Waals surface area contributed by atoms with Gasteiger partial charge in [0.25, 0.3) is 0 Å². The Hall–Kier alpha value is -1.12. The van der Waals surface area contributed by atoms with Gasteiger partial charge < -0.3 is 0 Å². The topological polar surface area (TPSA) is 30.7 Å². The van der Waals surface area contributed by atoms with Crippen LogP contribution in [0.4, 0.5) is 0 Å². The second-order valence-electron chi connectivity index (χ2n) is 4.23.